The van der Waals surface area contributed by atoms with Gasteiger partial charge < -0.3 is 24.6 Å². The molecule has 0 unspecified atom stereocenters. The van der Waals surface area contributed by atoms with Crippen LogP contribution < -0.4 is 5.32 Å². The highest BCUT2D eigenvalue weighted by molar-refractivity contribution is 7.81. The number of carbonyl (C=O) groups is 3. The van der Waals surface area contributed by atoms with Crippen molar-refractivity contribution in [2.24, 2.45) is 0 Å². The van der Waals surface area contributed by atoms with Gasteiger partial charge in [0, 0.05) is 55.2 Å². The number of rotatable bonds is 9. The number of non-ortho nitro benzene ring substituents is 2. The lowest BCUT2D eigenvalue weighted by atomic mass is 10.2. The summed E-state index contributed by atoms with van der Waals surface area (Å²) in [6.07, 6.45) is 2.88. The van der Waals surface area contributed by atoms with Crippen molar-refractivity contribution < 1.29 is 33.7 Å². The molecule has 0 saturated carbocycles. The Morgan fingerprint density at radius 3 is 2.07 bits per heavy atom. The number of carbonyl (C=O) groups excluding carboxylic acids is 3. The first-order valence-corrected chi connectivity index (χ1v) is 13.6. The first kappa shape index (κ1) is 30.3. The van der Waals surface area contributed by atoms with Crippen LogP contribution in [0.5, 0.6) is 0 Å². The Balaban J connectivity index is 1.22. The van der Waals surface area contributed by atoms with Crippen molar-refractivity contribution in [1.82, 2.24) is 15.1 Å². The number of amides is 3. The third-order valence-electron chi connectivity index (χ3n) is 6.87. The van der Waals surface area contributed by atoms with Gasteiger partial charge in [-0.1, -0.05) is 6.08 Å². The highest BCUT2D eigenvalue weighted by Crippen LogP contribution is 2.24. The van der Waals surface area contributed by atoms with E-state index in [0.717, 1.165) is 0 Å². The van der Waals surface area contributed by atoms with E-state index in [0.29, 0.717) is 37.1 Å². The van der Waals surface area contributed by atoms with Crippen molar-refractivity contribution in [2.75, 3.05) is 19.6 Å². The zero-order valence-corrected chi connectivity index (χ0v) is 23.3. The molecule has 2 fully saturated rings. The van der Waals surface area contributed by atoms with E-state index in [1.807, 2.05) is 0 Å². The smallest absolute Gasteiger partial charge is 0.410 e. The molecule has 3 amide bonds. The van der Waals surface area contributed by atoms with E-state index in [-0.39, 0.29) is 48.3 Å². The minimum atomic E-state index is -0.656. The molecule has 14 nitrogen and oxygen atoms in total. The van der Waals surface area contributed by atoms with E-state index in [9.17, 15) is 34.6 Å². The average molecular weight is 600 g/mol. The van der Waals surface area contributed by atoms with Gasteiger partial charge in [-0.3, -0.25) is 25.0 Å². The van der Waals surface area contributed by atoms with Gasteiger partial charge in [-0.15, -0.1) is 0 Å². The Morgan fingerprint density at radius 2 is 1.50 bits per heavy atom. The summed E-state index contributed by atoms with van der Waals surface area (Å²) in [7, 11) is 0. The Kier molecular flexibility index (Phi) is 9.96. The number of ether oxygens (including phenoxy) is 2. The van der Waals surface area contributed by atoms with Gasteiger partial charge in [0.05, 0.1) is 21.9 Å². The molecule has 15 heteroatoms. The highest BCUT2D eigenvalue weighted by atomic mass is 32.1. The minimum absolute atomic E-state index is 0.0533. The van der Waals surface area contributed by atoms with Gasteiger partial charge in [0.15, 0.2) is 0 Å². The lowest BCUT2D eigenvalue weighted by Gasteiger charge is -2.22. The minimum Gasteiger partial charge on any atom is -0.445 e. The third-order valence-corrected chi connectivity index (χ3v) is 7.24. The molecule has 222 valence electrons. The predicted molar refractivity (Wildman–Crippen MR) is 152 cm³/mol. The number of nitro groups is 2. The van der Waals surface area contributed by atoms with Crippen LogP contribution in [0.1, 0.15) is 24.0 Å². The van der Waals surface area contributed by atoms with Crippen LogP contribution in [0, 0.1) is 20.2 Å². The Morgan fingerprint density at radius 1 is 0.929 bits per heavy atom. The highest BCUT2D eigenvalue weighted by Gasteiger charge is 2.34. The number of likely N-dealkylation sites (tertiary alicyclic amines) is 2. The maximum Gasteiger partial charge on any atom is 0.410 e. The zero-order valence-electron chi connectivity index (χ0n) is 22.4. The van der Waals surface area contributed by atoms with Crippen molar-refractivity contribution >= 4 is 42.1 Å². The fourth-order valence-corrected chi connectivity index (χ4v) is 5.02. The van der Waals surface area contributed by atoms with E-state index < -0.39 is 28.1 Å². The molecular formula is C27H29N5O9S. The summed E-state index contributed by atoms with van der Waals surface area (Å²) in [6, 6.07) is 10.7. The summed E-state index contributed by atoms with van der Waals surface area (Å²) in [5.41, 5.74) is 1.09. The maximum absolute atomic E-state index is 12.8. The SMILES string of the molecule is O=C(N[C@H]1CCN(C(=O)C=C[C@H]2C[C@H](S)CN2C(=O)OCc2ccc([N+](=O)[O-])cc2)C1)OCc1ccc([N+](=O)[O-])cc1. The van der Waals surface area contributed by atoms with Crippen LogP contribution in [0.2, 0.25) is 0 Å². The molecule has 0 radical (unpaired) electrons. The molecule has 1 N–H and O–H groups in total. The van der Waals surface area contributed by atoms with E-state index in [1.165, 1.54) is 59.5 Å². The van der Waals surface area contributed by atoms with E-state index >= 15 is 0 Å². The van der Waals surface area contributed by atoms with E-state index in [1.54, 1.807) is 11.0 Å². The van der Waals surface area contributed by atoms with Crippen molar-refractivity contribution in [3.8, 4) is 0 Å². The molecule has 0 aliphatic carbocycles. The summed E-state index contributed by atoms with van der Waals surface area (Å²) < 4.78 is 10.6. The van der Waals surface area contributed by atoms with Gasteiger partial charge in [-0.25, -0.2) is 9.59 Å². The first-order chi connectivity index (χ1) is 20.1. The molecule has 2 heterocycles. The largest absolute Gasteiger partial charge is 0.445 e. The van der Waals surface area contributed by atoms with Crippen LogP contribution in [-0.2, 0) is 27.5 Å². The predicted octanol–water partition coefficient (Wildman–Crippen LogP) is 3.60. The number of thiol groups is 1. The fraction of sp³-hybridized carbons (Fsp3) is 0.370. The van der Waals surface area contributed by atoms with Gasteiger partial charge in [0.25, 0.3) is 11.4 Å². The lowest BCUT2D eigenvalue weighted by Crippen LogP contribution is -2.38. The molecule has 2 aliphatic heterocycles. The standard InChI is InChI=1S/C27H29N5O9S/c33-25(29-12-11-20(14-29)28-26(34)40-16-18-1-5-21(6-2-18)31(36)37)10-9-23-13-24(42)15-30(23)27(35)41-17-19-3-7-22(8-4-19)32(38)39/h1-10,20,23-24,42H,11-17H2,(H,28,34)/t20-,23-,24-/m0/s1. The van der Waals surface area contributed by atoms with Crippen LogP contribution in [0.4, 0.5) is 21.0 Å². The molecule has 2 aliphatic rings. The summed E-state index contributed by atoms with van der Waals surface area (Å²) in [6.45, 7) is 0.942. The molecule has 0 bridgehead atoms. The lowest BCUT2D eigenvalue weighted by molar-refractivity contribution is -0.385. The molecule has 2 aromatic carbocycles. The number of hydrogen-bond donors (Lipinski definition) is 2. The second kappa shape index (κ2) is 13.8. The Hall–Kier alpha value is -4.66. The maximum atomic E-state index is 12.8. The summed E-state index contributed by atoms with van der Waals surface area (Å²) in [5.74, 6) is -0.264. The normalized spacial score (nSPS) is 20.0. The molecule has 2 saturated heterocycles. The topological polar surface area (TPSA) is 174 Å². The molecule has 3 atom stereocenters. The van der Waals surface area contributed by atoms with Crippen LogP contribution in [0.25, 0.3) is 0 Å². The number of nitrogens with one attached hydrogen (secondary N) is 1. The van der Waals surface area contributed by atoms with Crippen molar-refractivity contribution in [2.45, 2.75) is 43.4 Å². The van der Waals surface area contributed by atoms with Gasteiger partial charge in [0.1, 0.15) is 13.2 Å². The van der Waals surface area contributed by atoms with E-state index in [4.69, 9.17) is 9.47 Å². The number of alkyl carbamates (subject to hydrolysis) is 1. The van der Waals surface area contributed by atoms with Crippen LogP contribution >= 0.6 is 12.6 Å². The van der Waals surface area contributed by atoms with Gasteiger partial charge in [-0.2, -0.15) is 12.6 Å². The van der Waals surface area contributed by atoms with Gasteiger partial charge >= 0.3 is 12.2 Å². The van der Waals surface area contributed by atoms with Crippen LogP contribution in [-0.4, -0.2) is 74.7 Å². The van der Waals surface area contributed by atoms with Crippen molar-refractivity contribution in [3.63, 3.8) is 0 Å². The molecule has 2 aromatic rings. The molecule has 0 spiro atoms. The molecule has 0 aromatic heterocycles. The quantitative estimate of drug-likeness (QED) is 0.189. The second-order valence-electron chi connectivity index (χ2n) is 9.86. The molecular weight excluding hydrogens is 570 g/mol. The number of hydrogen-bond acceptors (Lipinski definition) is 10. The second-order valence-corrected chi connectivity index (χ2v) is 10.6. The number of benzene rings is 2. The third kappa shape index (κ3) is 8.19. The first-order valence-electron chi connectivity index (χ1n) is 13.1. The van der Waals surface area contributed by atoms with Crippen molar-refractivity contribution in [1.29, 1.82) is 0 Å². The van der Waals surface area contributed by atoms with Gasteiger partial charge in [0.2, 0.25) is 5.91 Å². The zero-order chi connectivity index (χ0) is 30.2. The number of nitro benzene ring substituents is 2. The Bertz CT molecular complexity index is 1350. The van der Waals surface area contributed by atoms with Gasteiger partial charge in [-0.05, 0) is 48.2 Å². The fourth-order valence-electron chi connectivity index (χ4n) is 4.63. The van der Waals surface area contributed by atoms with Crippen LogP contribution in [0.3, 0.4) is 0 Å². The van der Waals surface area contributed by atoms with Crippen LogP contribution in [0.15, 0.2) is 60.7 Å². The average Bonchev–Trinajstić information content (AvgIpc) is 3.60. The van der Waals surface area contributed by atoms with Crippen molar-refractivity contribution in [3.05, 3.63) is 92.0 Å². The summed E-state index contributed by atoms with van der Waals surface area (Å²) in [4.78, 5) is 61.3. The Labute approximate surface area is 246 Å². The monoisotopic (exact) mass is 599 g/mol. The molecule has 4 rings (SSSR count). The number of nitrogens with zero attached hydrogens (tertiary/aromatic N) is 4. The molecule has 42 heavy (non-hydrogen) atoms. The van der Waals surface area contributed by atoms with E-state index in [2.05, 4.69) is 17.9 Å². The summed E-state index contributed by atoms with van der Waals surface area (Å²) >= 11 is 4.48. The summed E-state index contributed by atoms with van der Waals surface area (Å²) in [5, 5.41) is 24.2.